The van der Waals surface area contributed by atoms with Gasteiger partial charge in [-0.05, 0) is 45.0 Å². The SMILES string of the molecule is Cc1cc(Nc2nc(Sc3ccc(NS(=O)(=O)C(C)C)cc3)cc3nccn23)n[nH]1. The van der Waals surface area contributed by atoms with Crippen LogP contribution in [0.4, 0.5) is 17.5 Å². The monoisotopic (exact) mass is 443 g/mol. The van der Waals surface area contributed by atoms with Crippen molar-refractivity contribution in [3.05, 3.63) is 54.5 Å². The summed E-state index contributed by atoms with van der Waals surface area (Å²) in [5.41, 5.74) is 2.22. The zero-order chi connectivity index (χ0) is 21.3. The fraction of sp³-hybridized carbons (Fsp3) is 0.211. The van der Waals surface area contributed by atoms with Crippen LogP contribution in [0.1, 0.15) is 19.5 Å². The summed E-state index contributed by atoms with van der Waals surface area (Å²) in [5.74, 6) is 1.26. The van der Waals surface area contributed by atoms with E-state index < -0.39 is 15.3 Å². The Balaban J connectivity index is 1.56. The Kier molecular flexibility index (Phi) is 5.39. The maximum absolute atomic E-state index is 12.0. The molecule has 9 nitrogen and oxygen atoms in total. The van der Waals surface area contributed by atoms with Crippen molar-refractivity contribution in [3.63, 3.8) is 0 Å². The first-order chi connectivity index (χ1) is 14.3. The minimum Gasteiger partial charge on any atom is -0.308 e. The highest BCUT2D eigenvalue weighted by molar-refractivity contribution is 7.99. The van der Waals surface area contributed by atoms with Crippen molar-refractivity contribution in [1.82, 2.24) is 24.6 Å². The molecule has 0 fully saturated rings. The van der Waals surface area contributed by atoms with Crippen molar-refractivity contribution in [1.29, 1.82) is 0 Å². The average molecular weight is 444 g/mol. The molecule has 4 aromatic rings. The molecule has 0 saturated heterocycles. The maximum atomic E-state index is 12.0. The molecule has 0 spiro atoms. The first kappa shape index (κ1) is 20.2. The largest absolute Gasteiger partial charge is 0.308 e. The number of aromatic amines is 1. The van der Waals surface area contributed by atoms with Gasteiger partial charge in [-0.25, -0.2) is 18.4 Å². The number of anilines is 3. The predicted octanol–water partition coefficient (Wildman–Crippen LogP) is 3.81. The van der Waals surface area contributed by atoms with Gasteiger partial charge in [0.25, 0.3) is 0 Å². The van der Waals surface area contributed by atoms with E-state index in [2.05, 4.69) is 30.2 Å². The molecule has 1 aromatic carbocycles. The summed E-state index contributed by atoms with van der Waals surface area (Å²) >= 11 is 1.46. The Morgan fingerprint density at radius 3 is 2.60 bits per heavy atom. The third-order valence-corrected chi connectivity index (χ3v) is 6.96. The number of aryl methyl sites for hydroxylation is 1. The minimum absolute atomic E-state index is 0.499. The molecule has 30 heavy (non-hydrogen) atoms. The zero-order valence-electron chi connectivity index (χ0n) is 16.6. The molecule has 0 radical (unpaired) electrons. The number of hydrogen-bond acceptors (Lipinski definition) is 7. The van der Waals surface area contributed by atoms with E-state index in [-0.39, 0.29) is 0 Å². The van der Waals surface area contributed by atoms with Crippen LogP contribution in [0.5, 0.6) is 0 Å². The highest BCUT2D eigenvalue weighted by Crippen LogP contribution is 2.30. The van der Waals surface area contributed by atoms with Crippen molar-refractivity contribution in [2.45, 2.75) is 35.9 Å². The summed E-state index contributed by atoms with van der Waals surface area (Å²) in [6, 6.07) is 11.0. The topological polar surface area (TPSA) is 117 Å². The number of hydrogen-bond donors (Lipinski definition) is 3. The number of rotatable bonds is 7. The van der Waals surface area contributed by atoms with Crippen molar-refractivity contribution in [2.75, 3.05) is 10.0 Å². The smallest absolute Gasteiger partial charge is 0.235 e. The van der Waals surface area contributed by atoms with Crippen molar-refractivity contribution in [3.8, 4) is 0 Å². The molecule has 0 aliphatic carbocycles. The number of benzene rings is 1. The van der Waals surface area contributed by atoms with Gasteiger partial charge in [0.1, 0.15) is 10.7 Å². The summed E-state index contributed by atoms with van der Waals surface area (Å²) < 4.78 is 28.5. The molecule has 3 N–H and O–H groups in total. The number of nitrogens with zero attached hydrogens (tertiary/aromatic N) is 4. The lowest BCUT2D eigenvalue weighted by Crippen LogP contribution is -2.22. The lowest BCUT2D eigenvalue weighted by atomic mass is 10.3. The van der Waals surface area contributed by atoms with Crippen LogP contribution in [-0.2, 0) is 10.0 Å². The third-order valence-electron chi connectivity index (χ3n) is 4.27. The number of aromatic nitrogens is 5. The standard InChI is InChI=1S/C19H21N7O2S2/c1-12(2)30(27,28)25-14-4-6-15(7-5-14)29-18-11-17-20-8-9-26(17)19(22-18)21-16-10-13(3)23-24-16/h4-12,25H,1-3H3,(H2,21,22,23,24). The van der Waals surface area contributed by atoms with E-state index in [4.69, 9.17) is 0 Å². The van der Waals surface area contributed by atoms with Gasteiger partial charge in [0.2, 0.25) is 16.0 Å². The molecular formula is C19H21N7O2S2. The van der Waals surface area contributed by atoms with Gasteiger partial charge in [0, 0.05) is 40.8 Å². The van der Waals surface area contributed by atoms with E-state index in [0.717, 1.165) is 21.3 Å². The van der Waals surface area contributed by atoms with Crippen LogP contribution in [0.3, 0.4) is 0 Å². The van der Waals surface area contributed by atoms with Gasteiger partial charge in [0.05, 0.1) is 5.25 Å². The quantitative estimate of drug-likeness (QED) is 0.372. The Morgan fingerprint density at radius 1 is 1.17 bits per heavy atom. The van der Waals surface area contributed by atoms with Crippen LogP contribution in [0, 0.1) is 6.92 Å². The van der Waals surface area contributed by atoms with E-state index in [1.165, 1.54) is 11.8 Å². The van der Waals surface area contributed by atoms with Gasteiger partial charge < -0.3 is 5.32 Å². The average Bonchev–Trinajstić information content (AvgIpc) is 3.32. The molecule has 156 valence electrons. The van der Waals surface area contributed by atoms with Gasteiger partial charge in [0.15, 0.2) is 5.82 Å². The Hall–Kier alpha value is -3.05. The predicted molar refractivity (Wildman–Crippen MR) is 118 cm³/mol. The molecule has 0 amide bonds. The highest BCUT2D eigenvalue weighted by atomic mass is 32.2. The summed E-state index contributed by atoms with van der Waals surface area (Å²) in [6.07, 6.45) is 3.54. The van der Waals surface area contributed by atoms with E-state index in [1.807, 2.05) is 41.8 Å². The Morgan fingerprint density at radius 2 is 1.93 bits per heavy atom. The fourth-order valence-corrected chi connectivity index (χ4v) is 4.14. The van der Waals surface area contributed by atoms with Gasteiger partial charge in [-0.1, -0.05) is 11.8 Å². The molecule has 0 aliphatic heterocycles. The second-order valence-corrected chi connectivity index (χ2v) is 10.3. The number of H-pyrrole nitrogens is 1. The van der Waals surface area contributed by atoms with E-state index >= 15 is 0 Å². The molecule has 3 heterocycles. The molecule has 0 bridgehead atoms. The van der Waals surface area contributed by atoms with Crippen LogP contribution in [0.2, 0.25) is 0 Å². The van der Waals surface area contributed by atoms with Gasteiger partial charge >= 0.3 is 0 Å². The summed E-state index contributed by atoms with van der Waals surface area (Å²) in [5, 5.41) is 10.5. The number of nitrogens with one attached hydrogen (secondary N) is 3. The van der Waals surface area contributed by atoms with E-state index in [0.29, 0.717) is 17.5 Å². The second kappa shape index (κ2) is 8.00. The molecule has 0 atom stereocenters. The van der Waals surface area contributed by atoms with Gasteiger partial charge in [-0.2, -0.15) is 5.10 Å². The zero-order valence-corrected chi connectivity index (χ0v) is 18.3. The summed E-state index contributed by atoms with van der Waals surface area (Å²) in [6.45, 7) is 5.20. The molecule has 4 rings (SSSR count). The summed E-state index contributed by atoms with van der Waals surface area (Å²) in [7, 11) is -3.37. The molecule has 3 aromatic heterocycles. The van der Waals surface area contributed by atoms with Crippen LogP contribution < -0.4 is 10.0 Å². The fourth-order valence-electron chi connectivity index (χ4n) is 2.63. The lowest BCUT2D eigenvalue weighted by Gasteiger charge is -2.11. The molecule has 11 heteroatoms. The van der Waals surface area contributed by atoms with Crippen LogP contribution in [0.25, 0.3) is 5.65 Å². The minimum atomic E-state index is -3.37. The van der Waals surface area contributed by atoms with E-state index in [1.54, 1.807) is 32.2 Å². The number of sulfonamides is 1. The maximum Gasteiger partial charge on any atom is 0.235 e. The molecular weight excluding hydrogens is 422 g/mol. The first-order valence-electron chi connectivity index (χ1n) is 9.23. The van der Waals surface area contributed by atoms with E-state index in [9.17, 15) is 8.42 Å². The normalized spacial score (nSPS) is 11.9. The van der Waals surface area contributed by atoms with Crippen LogP contribution in [-0.4, -0.2) is 38.2 Å². The van der Waals surface area contributed by atoms with Crippen LogP contribution >= 0.6 is 11.8 Å². The Labute approximate surface area is 178 Å². The highest BCUT2D eigenvalue weighted by Gasteiger charge is 2.15. The van der Waals surface area contributed by atoms with Crippen LogP contribution in [0.15, 0.2) is 58.7 Å². The number of fused-ring (bicyclic) bond motifs is 1. The van der Waals surface area contributed by atoms with Crippen molar-refractivity contribution >= 4 is 44.9 Å². The molecule has 0 aliphatic rings. The first-order valence-corrected chi connectivity index (χ1v) is 11.6. The lowest BCUT2D eigenvalue weighted by molar-refractivity contribution is 0.593. The third kappa shape index (κ3) is 4.41. The molecule has 0 unspecified atom stereocenters. The van der Waals surface area contributed by atoms with Gasteiger partial charge in [-0.15, -0.1) is 0 Å². The van der Waals surface area contributed by atoms with Gasteiger partial charge in [-0.3, -0.25) is 14.2 Å². The molecule has 0 saturated carbocycles. The summed E-state index contributed by atoms with van der Waals surface area (Å²) in [4.78, 5) is 9.98. The van der Waals surface area contributed by atoms with Crippen molar-refractivity contribution in [2.24, 2.45) is 0 Å². The number of imidazole rings is 1. The Bertz CT molecular complexity index is 1280. The van der Waals surface area contributed by atoms with Crippen molar-refractivity contribution < 1.29 is 8.42 Å². The second-order valence-electron chi connectivity index (χ2n) is 6.96.